The molecule has 0 bridgehead atoms. The maximum atomic E-state index is 5.87. The van der Waals surface area contributed by atoms with Gasteiger partial charge in [-0.1, -0.05) is 37.3 Å². The lowest BCUT2D eigenvalue weighted by Gasteiger charge is -2.38. The molecule has 1 N–H and O–H groups in total. The quantitative estimate of drug-likeness (QED) is 0.863. The molecule has 2 heteroatoms. The van der Waals surface area contributed by atoms with Gasteiger partial charge in [-0.3, -0.25) is 0 Å². The number of hydrogen-bond donors (Lipinski definition) is 1. The van der Waals surface area contributed by atoms with Crippen molar-refractivity contribution in [2.24, 2.45) is 0 Å². The third-order valence-electron chi connectivity index (χ3n) is 4.03. The van der Waals surface area contributed by atoms with Crippen LogP contribution in [0.4, 0.5) is 0 Å². The number of rotatable bonds is 5. The summed E-state index contributed by atoms with van der Waals surface area (Å²) in [5.41, 5.74) is 1.50. The van der Waals surface area contributed by atoms with Gasteiger partial charge in [0.2, 0.25) is 0 Å². The van der Waals surface area contributed by atoms with Gasteiger partial charge >= 0.3 is 0 Å². The standard InChI is InChI=1S/C16H25NO/c1-3-16(2)13-15(10-12-18-16)17-11-9-14-7-5-4-6-8-14/h4-8,15,17H,3,9-13H2,1-2H3. The van der Waals surface area contributed by atoms with Gasteiger partial charge in [-0.2, -0.15) is 0 Å². The predicted molar refractivity (Wildman–Crippen MR) is 75.8 cm³/mol. The van der Waals surface area contributed by atoms with E-state index in [1.54, 1.807) is 0 Å². The van der Waals surface area contributed by atoms with Crippen molar-refractivity contribution < 1.29 is 4.74 Å². The van der Waals surface area contributed by atoms with Crippen molar-refractivity contribution in [2.75, 3.05) is 13.2 Å². The molecule has 1 aromatic rings. The molecule has 1 saturated heterocycles. The van der Waals surface area contributed by atoms with E-state index >= 15 is 0 Å². The molecule has 1 fully saturated rings. The molecule has 1 heterocycles. The summed E-state index contributed by atoms with van der Waals surface area (Å²) in [4.78, 5) is 0. The fourth-order valence-corrected chi connectivity index (χ4v) is 2.62. The average molecular weight is 247 g/mol. The summed E-state index contributed by atoms with van der Waals surface area (Å²) in [5, 5.41) is 3.68. The van der Waals surface area contributed by atoms with Crippen LogP contribution in [-0.4, -0.2) is 24.8 Å². The highest BCUT2D eigenvalue weighted by Gasteiger charge is 2.31. The largest absolute Gasteiger partial charge is 0.375 e. The summed E-state index contributed by atoms with van der Waals surface area (Å²) in [6, 6.07) is 11.3. The van der Waals surface area contributed by atoms with Crippen LogP contribution in [0, 0.1) is 0 Å². The molecule has 0 radical (unpaired) electrons. The molecule has 1 aromatic carbocycles. The van der Waals surface area contributed by atoms with Gasteiger partial charge in [-0.25, -0.2) is 0 Å². The molecule has 2 rings (SSSR count). The minimum atomic E-state index is 0.0860. The van der Waals surface area contributed by atoms with Gasteiger partial charge in [0.15, 0.2) is 0 Å². The van der Waals surface area contributed by atoms with E-state index in [0.29, 0.717) is 6.04 Å². The van der Waals surface area contributed by atoms with E-state index in [1.807, 2.05) is 0 Å². The van der Waals surface area contributed by atoms with Crippen LogP contribution >= 0.6 is 0 Å². The first-order valence-corrected chi connectivity index (χ1v) is 7.13. The van der Waals surface area contributed by atoms with Crippen LogP contribution in [0.3, 0.4) is 0 Å². The topological polar surface area (TPSA) is 21.3 Å². The van der Waals surface area contributed by atoms with E-state index in [0.717, 1.165) is 38.8 Å². The molecule has 0 aliphatic carbocycles. The average Bonchev–Trinajstić information content (AvgIpc) is 2.40. The molecule has 2 atom stereocenters. The predicted octanol–water partition coefficient (Wildman–Crippen LogP) is 3.17. The van der Waals surface area contributed by atoms with E-state index < -0.39 is 0 Å². The zero-order chi connectivity index (χ0) is 12.8. The van der Waals surface area contributed by atoms with E-state index in [2.05, 4.69) is 49.5 Å². The summed E-state index contributed by atoms with van der Waals surface area (Å²) in [6.07, 6.45) is 4.49. The van der Waals surface area contributed by atoms with Gasteiger partial charge in [0.05, 0.1) is 5.60 Å². The van der Waals surface area contributed by atoms with Crippen LogP contribution in [0.15, 0.2) is 30.3 Å². The molecule has 2 nitrogen and oxygen atoms in total. The van der Waals surface area contributed by atoms with Crippen molar-refractivity contribution in [1.29, 1.82) is 0 Å². The van der Waals surface area contributed by atoms with Crippen LogP contribution in [0.25, 0.3) is 0 Å². The second-order valence-electron chi connectivity index (χ2n) is 5.53. The van der Waals surface area contributed by atoms with Crippen LogP contribution in [-0.2, 0) is 11.2 Å². The van der Waals surface area contributed by atoms with Crippen molar-refractivity contribution in [1.82, 2.24) is 5.32 Å². The molecule has 0 saturated carbocycles. The molecule has 18 heavy (non-hydrogen) atoms. The fourth-order valence-electron chi connectivity index (χ4n) is 2.62. The van der Waals surface area contributed by atoms with Gasteiger partial charge in [-0.15, -0.1) is 0 Å². The van der Waals surface area contributed by atoms with Crippen LogP contribution in [0.5, 0.6) is 0 Å². The highest BCUT2D eigenvalue weighted by atomic mass is 16.5. The molecule has 2 unspecified atom stereocenters. The Morgan fingerprint density at radius 3 is 2.83 bits per heavy atom. The zero-order valence-electron chi connectivity index (χ0n) is 11.6. The Morgan fingerprint density at radius 2 is 2.11 bits per heavy atom. The smallest absolute Gasteiger partial charge is 0.0666 e. The molecule has 0 aromatic heterocycles. The van der Waals surface area contributed by atoms with E-state index in [9.17, 15) is 0 Å². The summed E-state index contributed by atoms with van der Waals surface area (Å²) < 4.78 is 5.87. The van der Waals surface area contributed by atoms with Gasteiger partial charge in [0, 0.05) is 12.6 Å². The summed E-state index contributed by atoms with van der Waals surface area (Å²) in [6.45, 7) is 6.41. The third-order valence-corrected chi connectivity index (χ3v) is 4.03. The number of hydrogen-bond acceptors (Lipinski definition) is 2. The fraction of sp³-hybridized carbons (Fsp3) is 0.625. The van der Waals surface area contributed by atoms with Crippen molar-refractivity contribution in [3.05, 3.63) is 35.9 Å². The Labute approximate surface area is 111 Å². The lowest BCUT2D eigenvalue weighted by Crippen LogP contribution is -2.45. The van der Waals surface area contributed by atoms with Gasteiger partial charge < -0.3 is 10.1 Å². The lowest BCUT2D eigenvalue weighted by atomic mass is 9.90. The van der Waals surface area contributed by atoms with E-state index in [1.165, 1.54) is 5.56 Å². The summed E-state index contributed by atoms with van der Waals surface area (Å²) >= 11 is 0. The first kappa shape index (κ1) is 13.6. The Morgan fingerprint density at radius 1 is 1.33 bits per heavy atom. The molecule has 0 spiro atoms. The van der Waals surface area contributed by atoms with Gasteiger partial charge in [-0.05, 0) is 44.7 Å². The summed E-state index contributed by atoms with van der Waals surface area (Å²) in [7, 11) is 0. The molecular formula is C16H25NO. The minimum Gasteiger partial charge on any atom is -0.375 e. The van der Waals surface area contributed by atoms with E-state index in [4.69, 9.17) is 4.74 Å². The molecule has 1 aliphatic rings. The van der Waals surface area contributed by atoms with Crippen LogP contribution in [0.2, 0.25) is 0 Å². The third kappa shape index (κ3) is 3.82. The van der Waals surface area contributed by atoms with Gasteiger partial charge in [0.1, 0.15) is 0 Å². The number of benzene rings is 1. The second kappa shape index (κ2) is 6.35. The number of nitrogens with one attached hydrogen (secondary N) is 1. The molecule has 100 valence electrons. The van der Waals surface area contributed by atoms with E-state index in [-0.39, 0.29) is 5.60 Å². The Balaban J connectivity index is 1.74. The Hall–Kier alpha value is -0.860. The highest BCUT2D eigenvalue weighted by Crippen LogP contribution is 2.27. The molecule has 1 aliphatic heterocycles. The lowest BCUT2D eigenvalue weighted by molar-refractivity contribution is -0.0778. The first-order valence-electron chi connectivity index (χ1n) is 7.13. The number of ether oxygens (including phenoxy) is 1. The van der Waals surface area contributed by atoms with Crippen molar-refractivity contribution >= 4 is 0 Å². The minimum absolute atomic E-state index is 0.0860. The van der Waals surface area contributed by atoms with Crippen LogP contribution in [0.1, 0.15) is 38.7 Å². The van der Waals surface area contributed by atoms with Gasteiger partial charge in [0.25, 0.3) is 0 Å². The maximum Gasteiger partial charge on any atom is 0.0666 e. The van der Waals surface area contributed by atoms with Crippen molar-refractivity contribution in [3.8, 4) is 0 Å². The highest BCUT2D eigenvalue weighted by molar-refractivity contribution is 5.14. The molecular weight excluding hydrogens is 222 g/mol. The molecule has 0 amide bonds. The van der Waals surface area contributed by atoms with Crippen LogP contribution < -0.4 is 5.32 Å². The normalized spacial score (nSPS) is 28.2. The summed E-state index contributed by atoms with van der Waals surface area (Å²) in [5.74, 6) is 0. The first-order chi connectivity index (χ1) is 8.72. The van der Waals surface area contributed by atoms with Crippen molar-refractivity contribution in [2.45, 2.75) is 51.2 Å². The Kier molecular flexibility index (Phi) is 4.79. The second-order valence-corrected chi connectivity index (χ2v) is 5.53. The zero-order valence-corrected chi connectivity index (χ0v) is 11.6. The maximum absolute atomic E-state index is 5.87. The monoisotopic (exact) mass is 247 g/mol. The Bertz CT molecular complexity index is 351. The SMILES string of the molecule is CCC1(C)CC(NCCc2ccccc2)CCO1. The van der Waals surface area contributed by atoms with Crippen molar-refractivity contribution in [3.63, 3.8) is 0 Å².